The molecule has 0 spiro atoms. The summed E-state index contributed by atoms with van der Waals surface area (Å²) in [6, 6.07) is 6.89. The van der Waals surface area contributed by atoms with Crippen LogP contribution >= 0.6 is 11.6 Å². The van der Waals surface area contributed by atoms with E-state index in [0.717, 1.165) is 38.8 Å². The Morgan fingerprint density at radius 1 is 1.24 bits per heavy atom. The van der Waals surface area contributed by atoms with E-state index in [1.807, 2.05) is 0 Å². The van der Waals surface area contributed by atoms with Crippen LogP contribution in [0.5, 0.6) is 0 Å². The van der Waals surface area contributed by atoms with Gasteiger partial charge < -0.3 is 5.32 Å². The summed E-state index contributed by atoms with van der Waals surface area (Å²) < 4.78 is 27.5. The predicted molar refractivity (Wildman–Crippen MR) is 84.0 cm³/mol. The third-order valence-electron chi connectivity index (χ3n) is 4.21. The summed E-state index contributed by atoms with van der Waals surface area (Å²) in [5.41, 5.74) is 0. The SMILES string of the molecule is O=S(=O)(c1ccccc1Cl)N(CC1CCCNC1)C1CC1. The van der Waals surface area contributed by atoms with Crippen LogP contribution in [0, 0.1) is 5.92 Å². The van der Waals surface area contributed by atoms with Crippen molar-refractivity contribution in [2.75, 3.05) is 19.6 Å². The molecule has 1 saturated heterocycles. The average Bonchev–Trinajstić information content (AvgIpc) is 3.30. The quantitative estimate of drug-likeness (QED) is 0.903. The fourth-order valence-electron chi connectivity index (χ4n) is 2.92. The zero-order valence-corrected chi connectivity index (χ0v) is 13.5. The molecule has 21 heavy (non-hydrogen) atoms. The molecular weight excluding hydrogens is 308 g/mol. The van der Waals surface area contributed by atoms with Crippen LogP contribution in [0.4, 0.5) is 0 Å². The Morgan fingerprint density at radius 3 is 2.62 bits per heavy atom. The molecule has 1 aromatic carbocycles. The van der Waals surface area contributed by atoms with Crippen LogP contribution in [0.3, 0.4) is 0 Å². The van der Waals surface area contributed by atoms with Gasteiger partial charge in [0.05, 0.1) is 5.02 Å². The summed E-state index contributed by atoms with van der Waals surface area (Å²) >= 11 is 6.10. The minimum atomic E-state index is -3.49. The minimum Gasteiger partial charge on any atom is -0.316 e. The van der Waals surface area contributed by atoms with E-state index < -0.39 is 10.0 Å². The highest BCUT2D eigenvalue weighted by Gasteiger charge is 2.40. The van der Waals surface area contributed by atoms with E-state index in [1.165, 1.54) is 0 Å². The molecule has 0 aromatic heterocycles. The van der Waals surface area contributed by atoms with Crippen molar-refractivity contribution in [2.24, 2.45) is 5.92 Å². The molecule has 6 heteroatoms. The number of hydrogen-bond donors (Lipinski definition) is 1. The summed E-state index contributed by atoms with van der Waals surface area (Å²) in [6.45, 7) is 2.55. The van der Waals surface area contributed by atoms with E-state index in [1.54, 1.807) is 28.6 Å². The average molecular weight is 329 g/mol. The minimum absolute atomic E-state index is 0.160. The molecule has 116 valence electrons. The highest BCUT2D eigenvalue weighted by molar-refractivity contribution is 7.89. The number of hydrogen-bond acceptors (Lipinski definition) is 3. The van der Waals surface area contributed by atoms with Crippen molar-refractivity contribution >= 4 is 21.6 Å². The van der Waals surface area contributed by atoms with Crippen LogP contribution in [0.1, 0.15) is 25.7 Å². The number of piperidine rings is 1. The summed E-state index contributed by atoms with van der Waals surface area (Å²) in [4.78, 5) is 0.238. The van der Waals surface area contributed by atoms with Crippen molar-refractivity contribution in [1.29, 1.82) is 0 Å². The maximum atomic E-state index is 12.9. The lowest BCUT2D eigenvalue weighted by molar-refractivity contribution is 0.287. The monoisotopic (exact) mass is 328 g/mol. The van der Waals surface area contributed by atoms with Crippen molar-refractivity contribution in [2.45, 2.75) is 36.6 Å². The number of nitrogens with zero attached hydrogens (tertiary/aromatic N) is 1. The van der Waals surface area contributed by atoms with Crippen molar-refractivity contribution < 1.29 is 8.42 Å². The van der Waals surface area contributed by atoms with Crippen molar-refractivity contribution in [3.63, 3.8) is 0 Å². The normalized spacial score (nSPS) is 23.4. The van der Waals surface area contributed by atoms with Gasteiger partial charge in [-0.05, 0) is 56.8 Å². The first-order chi connectivity index (χ1) is 10.1. The molecule has 1 aliphatic carbocycles. The molecule has 2 fully saturated rings. The van der Waals surface area contributed by atoms with E-state index in [2.05, 4.69) is 5.32 Å². The van der Waals surface area contributed by atoms with E-state index in [4.69, 9.17) is 11.6 Å². The van der Waals surface area contributed by atoms with Gasteiger partial charge in [0.25, 0.3) is 0 Å². The summed E-state index contributed by atoms with van der Waals surface area (Å²) in [7, 11) is -3.49. The molecule has 1 aliphatic heterocycles. The molecule has 1 aromatic rings. The number of halogens is 1. The van der Waals surface area contributed by atoms with Gasteiger partial charge >= 0.3 is 0 Å². The molecule has 1 saturated carbocycles. The van der Waals surface area contributed by atoms with Gasteiger partial charge in [0.2, 0.25) is 10.0 Å². The Hall–Kier alpha value is -0.620. The smallest absolute Gasteiger partial charge is 0.244 e. The van der Waals surface area contributed by atoms with Gasteiger partial charge in [0, 0.05) is 12.6 Å². The zero-order valence-electron chi connectivity index (χ0n) is 12.0. The predicted octanol–water partition coefficient (Wildman–Crippen LogP) is 2.49. The molecule has 1 unspecified atom stereocenters. The fourth-order valence-corrected chi connectivity index (χ4v) is 5.18. The highest BCUT2D eigenvalue weighted by Crippen LogP contribution is 2.35. The standard InChI is InChI=1S/C15H21ClN2O2S/c16-14-5-1-2-6-15(14)21(19,20)18(13-7-8-13)11-12-4-3-9-17-10-12/h1-2,5-6,12-13,17H,3-4,7-11H2. The summed E-state index contributed by atoms with van der Waals surface area (Å²) in [6.07, 6.45) is 4.14. The van der Waals surface area contributed by atoms with Gasteiger partial charge in [-0.15, -0.1) is 0 Å². The Bertz CT molecular complexity index is 595. The molecule has 1 heterocycles. The zero-order chi connectivity index (χ0) is 14.9. The maximum Gasteiger partial charge on any atom is 0.244 e. The second-order valence-electron chi connectivity index (χ2n) is 5.95. The Balaban J connectivity index is 1.84. The van der Waals surface area contributed by atoms with Crippen molar-refractivity contribution in [1.82, 2.24) is 9.62 Å². The number of sulfonamides is 1. The van der Waals surface area contributed by atoms with Gasteiger partial charge in [0.1, 0.15) is 4.90 Å². The van der Waals surface area contributed by atoms with Crippen LogP contribution in [0.25, 0.3) is 0 Å². The van der Waals surface area contributed by atoms with Gasteiger partial charge in [-0.1, -0.05) is 23.7 Å². The van der Waals surface area contributed by atoms with Crippen molar-refractivity contribution in [3.8, 4) is 0 Å². The largest absolute Gasteiger partial charge is 0.316 e. The molecule has 2 aliphatic rings. The molecule has 1 atom stereocenters. The van der Waals surface area contributed by atoms with E-state index in [9.17, 15) is 8.42 Å². The molecule has 0 radical (unpaired) electrons. The lowest BCUT2D eigenvalue weighted by Crippen LogP contribution is -2.42. The first-order valence-electron chi connectivity index (χ1n) is 7.56. The van der Waals surface area contributed by atoms with E-state index in [-0.39, 0.29) is 10.9 Å². The van der Waals surface area contributed by atoms with Crippen LogP contribution < -0.4 is 5.32 Å². The van der Waals surface area contributed by atoms with Gasteiger partial charge in [-0.2, -0.15) is 4.31 Å². The van der Waals surface area contributed by atoms with E-state index in [0.29, 0.717) is 17.5 Å². The number of benzene rings is 1. The van der Waals surface area contributed by atoms with Crippen molar-refractivity contribution in [3.05, 3.63) is 29.3 Å². The summed E-state index contributed by atoms with van der Waals surface area (Å²) in [5.74, 6) is 0.400. The maximum absolute atomic E-state index is 12.9. The molecule has 0 amide bonds. The lowest BCUT2D eigenvalue weighted by atomic mass is 10.00. The van der Waals surface area contributed by atoms with E-state index >= 15 is 0 Å². The molecule has 1 N–H and O–H groups in total. The van der Waals surface area contributed by atoms with Crippen LogP contribution in [-0.4, -0.2) is 38.4 Å². The molecular formula is C15H21ClN2O2S. The number of rotatable bonds is 5. The Labute approximate surface area is 131 Å². The molecule has 4 nitrogen and oxygen atoms in total. The Kier molecular flexibility index (Phi) is 4.54. The van der Waals surface area contributed by atoms with Gasteiger partial charge in [0.15, 0.2) is 0 Å². The second-order valence-corrected chi connectivity index (χ2v) is 8.21. The third kappa shape index (κ3) is 3.42. The molecule has 3 rings (SSSR count). The molecule has 0 bridgehead atoms. The van der Waals surface area contributed by atoms with Gasteiger partial charge in [-0.3, -0.25) is 0 Å². The second kappa shape index (κ2) is 6.24. The van der Waals surface area contributed by atoms with Crippen LogP contribution in [0.2, 0.25) is 5.02 Å². The Morgan fingerprint density at radius 2 is 2.00 bits per heavy atom. The first-order valence-corrected chi connectivity index (χ1v) is 9.38. The third-order valence-corrected chi connectivity index (χ3v) is 6.63. The van der Waals surface area contributed by atoms with Gasteiger partial charge in [-0.25, -0.2) is 8.42 Å². The fraction of sp³-hybridized carbons (Fsp3) is 0.600. The number of nitrogens with one attached hydrogen (secondary N) is 1. The first kappa shape index (κ1) is 15.3. The lowest BCUT2D eigenvalue weighted by Gasteiger charge is -2.29. The van der Waals surface area contributed by atoms with Crippen LogP contribution in [-0.2, 0) is 10.0 Å². The highest BCUT2D eigenvalue weighted by atomic mass is 35.5. The topological polar surface area (TPSA) is 49.4 Å². The van der Waals surface area contributed by atoms with Crippen LogP contribution in [0.15, 0.2) is 29.2 Å². The summed E-state index contributed by atoms with van der Waals surface area (Å²) in [5, 5.41) is 3.66.